The van der Waals surface area contributed by atoms with Crippen LogP contribution in [0.5, 0.6) is 0 Å². The normalized spacial score (nSPS) is 12.0. The third-order valence-electron chi connectivity index (χ3n) is 4.37. The van der Waals surface area contributed by atoms with Gasteiger partial charge in [-0.2, -0.15) is 0 Å². The average Bonchev–Trinajstić information content (AvgIpc) is 3.10. The highest BCUT2D eigenvalue weighted by Crippen LogP contribution is 2.19. The Labute approximate surface area is 169 Å². The van der Waals surface area contributed by atoms with Crippen LogP contribution >= 0.6 is 0 Å². The molecule has 0 aliphatic rings. The zero-order chi connectivity index (χ0) is 21.2. The Hall–Kier alpha value is -2.95. The van der Waals surface area contributed by atoms with Gasteiger partial charge in [0.05, 0.1) is 12.9 Å². The van der Waals surface area contributed by atoms with Crippen LogP contribution in [-0.4, -0.2) is 70.0 Å². The van der Waals surface area contributed by atoms with Gasteiger partial charge >= 0.3 is 12.1 Å². The smallest absolute Gasteiger partial charge is 0.407 e. The molecule has 0 spiro atoms. The number of nitrogens with two attached hydrogens (primary N) is 1. The molecular weight excluding hydrogens is 378 g/mol. The molecule has 0 aliphatic heterocycles. The van der Waals surface area contributed by atoms with Crippen LogP contribution in [0.3, 0.4) is 0 Å². The molecule has 2 aromatic heterocycles. The lowest BCUT2D eigenvalue weighted by Gasteiger charge is -2.14. The van der Waals surface area contributed by atoms with Crippen molar-refractivity contribution in [1.29, 1.82) is 0 Å². The number of hydrogen-bond donors (Lipinski definition) is 3. The van der Waals surface area contributed by atoms with E-state index in [0.717, 1.165) is 36.4 Å². The summed E-state index contributed by atoms with van der Waals surface area (Å²) >= 11 is 0. The molecule has 0 aliphatic carbocycles. The Morgan fingerprint density at radius 2 is 2.03 bits per heavy atom. The number of ether oxygens (including phenoxy) is 1. The molecule has 0 radical (unpaired) electrons. The zero-order valence-corrected chi connectivity index (χ0v) is 16.9. The average molecular weight is 407 g/mol. The van der Waals surface area contributed by atoms with Crippen molar-refractivity contribution in [3.63, 3.8) is 0 Å². The number of unbranched alkanes of at least 4 members (excludes halogenated alkanes) is 2. The number of carbonyl (C=O) groups excluding carboxylic acids is 1. The monoisotopic (exact) mass is 407 g/mol. The molecule has 0 saturated carbocycles. The van der Waals surface area contributed by atoms with Crippen molar-refractivity contribution in [3.8, 4) is 0 Å². The Kier molecular flexibility index (Phi) is 8.59. The van der Waals surface area contributed by atoms with Crippen LogP contribution in [0.15, 0.2) is 12.7 Å². The third-order valence-corrected chi connectivity index (χ3v) is 4.37. The van der Waals surface area contributed by atoms with E-state index in [9.17, 15) is 9.59 Å². The zero-order valence-electron chi connectivity index (χ0n) is 16.9. The number of nitrogens with one attached hydrogen (secondary N) is 1. The van der Waals surface area contributed by atoms with Gasteiger partial charge in [-0.15, -0.1) is 0 Å². The number of aryl methyl sites for hydroxylation is 1. The first-order valence-electron chi connectivity index (χ1n) is 9.63. The summed E-state index contributed by atoms with van der Waals surface area (Å²) < 4.78 is 7.04. The quantitative estimate of drug-likeness (QED) is 0.438. The van der Waals surface area contributed by atoms with Crippen LogP contribution in [-0.2, 0) is 16.1 Å². The first-order valence-corrected chi connectivity index (χ1v) is 9.63. The number of carboxylic acids is 1. The van der Waals surface area contributed by atoms with Crippen LogP contribution in [0.1, 0.15) is 32.1 Å². The second-order valence-electron chi connectivity index (χ2n) is 6.86. The molecular formula is C18H29N7O4. The third kappa shape index (κ3) is 6.56. The molecule has 2 heterocycles. The number of imidazole rings is 1. The fraction of sp³-hybridized carbons (Fsp3) is 0.611. The lowest BCUT2D eigenvalue weighted by molar-refractivity contribution is -0.139. The van der Waals surface area contributed by atoms with Crippen molar-refractivity contribution in [3.05, 3.63) is 12.7 Å². The van der Waals surface area contributed by atoms with E-state index >= 15 is 0 Å². The number of nitrogens with zero attached hydrogens (tertiary/aromatic N) is 5. The molecule has 11 heteroatoms. The molecule has 0 fully saturated rings. The topological polar surface area (TPSA) is 148 Å². The van der Waals surface area contributed by atoms with E-state index in [1.54, 1.807) is 6.33 Å². The number of carbonyl (C=O) groups is 2. The van der Waals surface area contributed by atoms with Gasteiger partial charge < -0.3 is 30.4 Å². The predicted molar refractivity (Wildman–Crippen MR) is 108 cm³/mol. The number of aromatic nitrogens is 4. The van der Waals surface area contributed by atoms with E-state index in [-0.39, 0.29) is 13.0 Å². The Bertz CT molecular complexity index is 809. The number of fused-ring (bicyclic) bond motifs is 1. The second kappa shape index (κ2) is 11.1. The van der Waals surface area contributed by atoms with E-state index in [1.807, 2.05) is 23.6 Å². The summed E-state index contributed by atoms with van der Waals surface area (Å²) in [5.74, 6) is -0.316. The number of rotatable bonds is 12. The number of aliphatic carboxylic acids is 1. The molecule has 0 unspecified atom stereocenters. The summed E-state index contributed by atoms with van der Waals surface area (Å²) in [6, 6.07) is -0.977. The minimum atomic E-state index is -1.09. The highest BCUT2D eigenvalue weighted by molar-refractivity contribution is 5.83. The van der Waals surface area contributed by atoms with Crippen molar-refractivity contribution in [2.45, 2.75) is 44.7 Å². The largest absolute Gasteiger partial charge is 0.480 e. The summed E-state index contributed by atoms with van der Waals surface area (Å²) in [7, 11) is 3.82. The summed E-state index contributed by atoms with van der Waals surface area (Å²) in [5.41, 5.74) is 6.92. The standard InChI is InChI=1S/C18H29N7O4/c1-24(2)15-14-16(21-11-20-15)25(12-22-14)9-4-3-5-10-29-18(28)23-13(17(26)27)7-6-8-19/h11-13H,3-10,19H2,1-2H3,(H,23,28)(H,26,27)/t13-/m1/s1. The van der Waals surface area contributed by atoms with E-state index in [4.69, 9.17) is 15.6 Å². The minimum Gasteiger partial charge on any atom is -0.480 e. The number of alkyl carbamates (subject to hydrolysis) is 1. The molecule has 2 aromatic rings. The Balaban J connectivity index is 1.70. The fourth-order valence-electron chi connectivity index (χ4n) is 2.85. The predicted octanol–water partition coefficient (Wildman–Crippen LogP) is 0.981. The van der Waals surface area contributed by atoms with Gasteiger partial charge in [0, 0.05) is 20.6 Å². The van der Waals surface area contributed by atoms with Crippen LogP contribution < -0.4 is 16.0 Å². The Morgan fingerprint density at radius 3 is 2.72 bits per heavy atom. The second-order valence-corrected chi connectivity index (χ2v) is 6.86. The van der Waals surface area contributed by atoms with Gasteiger partial charge in [0.15, 0.2) is 17.0 Å². The SMILES string of the molecule is CN(C)c1ncnc2c1ncn2CCCCCOC(=O)N[C@H](CCCN)C(=O)O. The van der Waals surface area contributed by atoms with Crippen molar-refractivity contribution < 1.29 is 19.4 Å². The number of hydrogen-bond acceptors (Lipinski definition) is 8. The van der Waals surface area contributed by atoms with Gasteiger partial charge in [-0.3, -0.25) is 0 Å². The highest BCUT2D eigenvalue weighted by atomic mass is 16.5. The molecule has 1 atom stereocenters. The van der Waals surface area contributed by atoms with Gasteiger partial charge in [0.1, 0.15) is 12.4 Å². The van der Waals surface area contributed by atoms with Crippen LogP contribution in [0.25, 0.3) is 11.2 Å². The van der Waals surface area contributed by atoms with Crippen molar-refractivity contribution in [2.24, 2.45) is 5.73 Å². The molecule has 0 saturated heterocycles. The summed E-state index contributed by atoms with van der Waals surface area (Å²) in [6.07, 6.45) is 5.74. The lowest BCUT2D eigenvalue weighted by Crippen LogP contribution is -2.41. The maximum absolute atomic E-state index is 11.7. The van der Waals surface area contributed by atoms with Gasteiger partial charge in [-0.05, 0) is 38.6 Å². The van der Waals surface area contributed by atoms with Crippen LogP contribution in [0.2, 0.25) is 0 Å². The van der Waals surface area contributed by atoms with Crippen molar-refractivity contribution in [1.82, 2.24) is 24.8 Å². The van der Waals surface area contributed by atoms with Gasteiger partial charge in [-0.25, -0.2) is 24.5 Å². The molecule has 29 heavy (non-hydrogen) atoms. The summed E-state index contributed by atoms with van der Waals surface area (Å²) in [5, 5.41) is 11.4. The van der Waals surface area contributed by atoms with E-state index in [0.29, 0.717) is 19.4 Å². The molecule has 0 aromatic carbocycles. The summed E-state index contributed by atoms with van der Waals surface area (Å²) in [6.45, 7) is 1.34. The molecule has 2 rings (SSSR count). The molecule has 0 bridgehead atoms. The number of amides is 1. The summed E-state index contributed by atoms with van der Waals surface area (Å²) in [4.78, 5) is 37.7. The number of anilines is 1. The van der Waals surface area contributed by atoms with Gasteiger partial charge in [-0.1, -0.05) is 0 Å². The van der Waals surface area contributed by atoms with E-state index in [1.165, 1.54) is 6.33 Å². The van der Waals surface area contributed by atoms with E-state index in [2.05, 4.69) is 20.3 Å². The van der Waals surface area contributed by atoms with Crippen molar-refractivity contribution in [2.75, 3.05) is 32.1 Å². The van der Waals surface area contributed by atoms with Crippen LogP contribution in [0, 0.1) is 0 Å². The first-order chi connectivity index (χ1) is 13.9. The van der Waals surface area contributed by atoms with Crippen molar-refractivity contribution >= 4 is 29.0 Å². The lowest BCUT2D eigenvalue weighted by atomic mass is 10.1. The van der Waals surface area contributed by atoms with Gasteiger partial charge in [0.2, 0.25) is 0 Å². The van der Waals surface area contributed by atoms with E-state index < -0.39 is 18.1 Å². The maximum atomic E-state index is 11.7. The first kappa shape index (κ1) is 22.3. The Morgan fingerprint density at radius 1 is 1.24 bits per heavy atom. The van der Waals surface area contributed by atoms with Gasteiger partial charge in [0.25, 0.3) is 0 Å². The molecule has 1 amide bonds. The molecule has 11 nitrogen and oxygen atoms in total. The molecule has 160 valence electrons. The number of carboxylic acid groups (broad SMARTS) is 1. The highest BCUT2D eigenvalue weighted by Gasteiger charge is 2.19. The van der Waals surface area contributed by atoms with Crippen LogP contribution in [0.4, 0.5) is 10.6 Å². The fourth-order valence-corrected chi connectivity index (χ4v) is 2.85. The molecule has 4 N–H and O–H groups in total. The maximum Gasteiger partial charge on any atom is 0.407 e. The minimum absolute atomic E-state index is 0.229.